The van der Waals surface area contributed by atoms with Crippen LogP contribution in [0.1, 0.15) is 16.1 Å². The fourth-order valence-corrected chi connectivity index (χ4v) is 1.10. The number of halogens is 5. The molecular formula is C9H6F5NO3. The molecule has 0 aliphatic carbocycles. The molecule has 100 valence electrons. The predicted molar refractivity (Wildman–Crippen MR) is 47.0 cm³/mol. The molecule has 0 aliphatic heterocycles. The van der Waals surface area contributed by atoms with E-state index >= 15 is 0 Å². The Bertz CT molecular complexity index is 460. The number of carbonyl (C=O) groups is 1. The van der Waals surface area contributed by atoms with E-state index in [0.717, 1.165) is 7.11 Å². The highest BCUT2D eigenvalue weighted by Crippen LogP contribution is 2.28. The lowest BCUT2D eigenvalue weighted by Crippen LogP contribution is -2.19. The van der Waals surface area contributed by atoms with Crippen molar-refractivity contribution in [1.29, 1.82) is 0 Å². The summed E-state index contributed by atoms with van der Waals surface area (Å²) in [4.78, 5) is 14.2. The van der Waals surface area contributed by atoms with Gasteiger partial charge >= 0.3 is 12.3 Å². The Labute approximate surface area is 97.3 Å². The number of aromatic nitrogens is 1. The minimum absolute atomic E-state index is 0.328. The van der Waals surface area contributed by atoms with Gasteiger partial charge in [-0.15, -0.1) is 13.2 Å². The maximum Gasteiger partial charge on any atom is 0.573 e. The number of nitrogens with zero attached hydrogens (tertiary/aromatic N) is 1. The molecule has 0 fully saturated rings. The number of hydrogen-bond donors (Lipinski definition) is 0. The van der Waals surface area contributed by atoms with Gasteiger partial charge in [0.2, 0.25) is 0 Å². The molecule has 18 heavy (non-hydrogen) atoms. The molecule has 1 rings (SSSR count). The van der Waals surface area contributed by atoms with Gasteiger partial charge in [-0.1, -0.05) is 0 Å². The molecular weight excluding hydrogens is 265 g/mol. The first-order valence-corrected chi connectivity index (χ1v) is 4.37. The van der Waals surface area contributed by atoms with Crippen LogP contribution in [-0.4, -0.2) is 24.4 Å². The monoisotopic (exact) mass is 271 g/mol. The average molecular weight is 271 g/mol. The maximum absolute atomic E-state index is 13.4. The summed E-state index contributed by atoms with van der Waals surface area (Å²) in [5, 5.41) is 0. The summed E-state index contributed by atoms with van der Waals surface area (Å²) in [6.07, 6.45) is -4.82. The van der Waals surface area contributed by atoms with E-state index in [1.165, 1.54) is 0 Å². The summed E-state index contributed by atoms with van der Waals surface area (Å²) in [6, 6.07) is 0. The number of alkyl halides is 4. The number of carbonyl (C=O) groups excluding carboxylic acids is 1. The first-order valence-electron chi connectivity index (χ1n) is 4.37. The van der Waals surface area contributed by atoms with Crippen molar-refractivity contribution >= 4 is 5.97 Å². The van der Waals surface area contributed by atoms with Crippen molar-refractivity contribution in [2.45, 2.75) is 13.0 Å². The van der Waals surface area contributed by atoms with Crippen molar-refractivity contribution in [3.05, 3.63) is 23.3 Å². The number of rotatable bonds is 3. The van der Waals surface area contributed by atoms with Crippen molar-refractivity contribution in [3.63, 3.8) is 0 Å². The van der Waals surface area contributed by atoms with Crippen LogP contribution in [0, 0.1) is 5.82 Å². The van der Waals surface area contributed by atoms with E-state index in [1.807, 2.05) is 0 Å². The summed E-state index contributed by atoms with van der Waals surface area (Å²) in [6.45, 7) is -1.53. The molecule has 1 heterocycles. The van der Waals surface area contributed by atoms with Gasteiger partial charge in [0.05, 0.1) is 18.9 Å². The van der Waals surface area contributed by atoms with Crippen LogP contribution in [-0.2, 0) is 11.4 Å². The van der Waals surface area contributed by atoms with Gasteiger partial charge in [-0.3, -0.25) is 0 Å². The van der Waals surface area contributed by atoms with Crippen molar-refractivity contribution in [3.8, 4) is 5.75 Å². The van der Waals surface area contributed by atoms with Crippen LogP contribution in [0.25, 0.3) is 0 Å². The summed E-state index contributed by atoms with van der Waals surface area (Å²) in [5.74, 6) is -4.13. The van der Waals surface area contributed by atoms with E-state index in [1.54, 1.807) is 0 Å². The lowest BCUT2D eigenvalue weighted by Gasteiger charge is -2.12. The molecule has 4 nitrogen and oxygen atoms in total. The zero-order chi connectivity index (χ0) is 13.9. The summed E-state index contributed by atoms with van der Waals surface area (Å²) >= 11 is 0. The highest BCUT2D eigenvalue weighted by Gasteiger charge is 2.34. The second-order valence-electron chi connectivity index (χ2n) is 2.94. The van der Waals surface area contributed by atoms with E-state index in [-0.39, 0.29) is 0 Å². The van der Waals surface area contributed by atoms with Crippen molar-refractivity contribution in [2.75, 3.05) is 7.11 Å². The number of hydrogen-bond acceptors (Lipinski definition) is 4. The Morgan fingerprint density at radius 3 is 2.50 bits per heavy atom. The van der Waals surface area contributed by atoms with Gasteiger partial charge < -0.3 is 9.47 Å². The summed E-state index contributed by atoms with van der Waals surface area (Å²) < 4.78 is 69.1. The van der Waals surface area contributed by atoms with E-state index in [4.69, 9.17) is 0 Å². The standard InChI is InChI=1S/C9H6F5NO3/c1-17-8(16)7-4(2-10)6(11)5(3-15-7)18-9(12,13)14/h3H,2H2,1H3. The minimum atomic E-state index is -5.15. The molecule has 9 heteroatoms. The Hall–Kier alpha value is -1.93. The number of esters is 1. The number of methoxy groups -OCH3 is 1. The largest absolute Gasteiger partial charge is 0.573 e. The molecule has 0 unspecified atom stereocenters. The maximum atomic E-state index is 13.4. The highest BCUT2D eigenvalue weighted by atomic mass is 19.4. The zero-order valence-electron chi connectivity index (χ0n) is 8.85. The molecule has 0 aliphatic rings. The topological polar surface area (TPSA) is 48.4 Å². The third-order valence-electron chi connectivity index (χ3n) is 1.82. The SMILES string of the molecule is COC(=O)c1ncc(OC(F)(F)F)c(F)c1CF. The molecule has 0 N–H and O–H groups in total. The fourth-order valence-electron chi connectivity index (χ4n) is 1.10. The van der Waals surface area contributed by atoms with Gasteiger partial charge in [-0.2, -0.15) is 0 Å². The average Bonchev–Trinajstić information content (AvgIpc) is 2.28. The lowest BCUT2D eigenvalue weighted by molar-refractivity contribution is -0.275. The van der Waals surface area contributed by atoms with Crippen molar-refractivity contribution in [1.82, 2.24) is 4.98 Å². The Kier molecular flexibility index (Phi) is 4.04. The molecule has 0 aromatic carbocycles. The first kappa shape index (κ1) is 14.1. The smallest absolute Gasteiger partial charge is 0.464 e. The fraction of sp³-hybridized carbons (Fsp3) is 0.333. The summed E-state index contributed by atoms with van der Waals surface area (Å²) in [5.41, 5.74) is -1.70. The molecule has 0 bridgehead atoms. The lowest BCUT2D eigenvalue weighted by atomic mass is 10.2. The van der Waals surface area contributed by atoms with Gasteiger partial charge in [0.25, 0.3) is 0 Å². The molecule has 0 amide bonds. The Morgan fingerprint density at radius 1 is 1.44 bits per heavy atom. The second kappa shape index (κ2) is 5.15. The molecule has 1 aromatic heterocycles. The minimum Gasteiger partial charge on any atom is -0.464 e. The van der Waals surface area contributed by atoms with E-state index in [9.17, 15) is 26.7 Å². The Morgan fingerprint density at radius 2 is 2.06 bits per heavy atom. The van der Waals surface area contributed by atoms with Crippen molar-refractivity contribution in [2.24, 2.45) is 0 Å². The second-order valence-corrected chi connectivity index (χ2v) is 2.94. The summed E-state index contributed by atoms with van der Waals surface area (Å²) in [7, 11) is 0.935. The highest BCUT2D eigenvalue weighted by molar-refractivity contribution is 5.88. The van der Waals surface area contributed by atoms with Crippen LogP contribution >= 0.6 is 0 Å². The van der Waals surface area contributed by atoms with Gasteiger partial charge in [-0.05, 0) is 0 Å². The van der Waals surface area contributed by atoms with Crippen LogP contribution in [0.15, 0.2) is 6.20 Å². The van der Waals surface area contributed by atoms with E-state index in [0.29, 0.717) is 6.20 Å². The number of ether oxygens (including phenoxy) is 2. The predicted octanol–water partition coefficient (Wildman–Crippen LogP) is 2.38. The van der Waals surface area contributed by atoms with Gasteiger partial charge in [0.1, 0.15) is 6.67 Å². The third-order valence-corrected chi connectivity index (χ3v) is 1.82. The van der Waals surface area contributed by atoms with Crippen LogP contribution in [0.5, 0.6) is 5.75 Å². The third kappa shape index (κ3) is 3.05. The zero-order valence-corrected chi connectivity index (χ0v) is 8.85. The molecule has 0 spiro atoms. The van der Waals surface area contributed by atoms with E-state index < -0.39 is 41.8 Å². The van der Waals surface area contributed by atoms with Gasteiger partial charge in [0.15, 0.2) is 17.3 Å². The van der Waals surface area contributed by atoms with Crippen molar-refractivity contribution < 1.29 is 36.2 Å². The quantitative estimate of drug-likeness (QED) is 0.625. The van der Waals surface area contributed by atoms with Crippen LogP contribution in [0.3, 0.4) is 0 Å². The van der Waals surface area contributed by atoms with Gasteiger partial charge in [-0.25, -0.2) is 18.6 Å². The first-order chi connectivity index (χ1) is 8.30. The molecule has 0 saturated heterocycles. The van der Waals surface area contributed by atoms with Crippen LogP contribution < -0.4 is 4.74 Å². The molecule has 0 atom stereocenters. The molecule has 0 saturated carbocycles. The normalized spacial score (nSPS) is 11.2. The van der Waals surface area contributed by atoms with Crippen LogP contribution in [0.2, 0.25) is 0 Å². The molecule has 0 radical (unpaired) electrons. The van der Waals surface area contributed by atoms with Gasteiger partial charge in [0, 0.05) is 0 Å². The molecule has 1 aromatic rings. The van der Waals surface area contributed by atoms with Crippen LogP contribution in [0.4, 0.5) is 22.0 Å². The number of pyridine rings is 1. The van der Waals surface area contributed by atoms with E-state index in [2.05, 4.69) is 14.5 Å². The Balaban J connectivity index is 3.24.